The first-order valence-corrected chi connectivity index (χ1v) is 3.93. The highest BCUT2D eigenvalue weighted by molar-refractivity contribution is 5.25. The minimum atomic E-state index is -2.59. The van der Waals surface area contributed by atoms with Gasteiger partial charge in [-0.2, -0.15) is 5.10 Å². The molecule has 0 bridgehead atoms. The van der Waals surface area contributed by atoms with Crippen LogP contribution < -0.4 is 5.73 Å². The Kier molecular flexibility index (Phi) is 2.38. The predicted molar refractivity (Wildman–Crippen MR) is 45.5 cm³/mol. The van der Waals surface area contributed by atoms with E-state index in [0.29, 0.717) is 11.3 Å². The van der Waals surface area contributed by atoms with E-state index in [1.165, 1.54) is 17.8 Å². The van der Waals surface area contributed by atoms with E-state index >= 15 is 0 Å². The molecule has 0 aliphatic heterocycles. The van der Waals surface area contributed by atoms with Gasteiger partial charge < -0.3 is 5.73 Å². The number of hydrogen-bond acceptors (Lipinski definition) is 2. The minimum absolute atomic E-state index is 0.394. The molecule has 0 amide bonds. The Morgan fingerprint density at radius 2 is 2.15 bits per heavy atom. The molecule has 1 rings (SSSR count). The molecule has 13 heavy (non-hydrogen) atoms. The molecular formula is C8H13F2N3. The Balaban J connectivity index is 3.14. The zero-order chi connectivity index (χ0) is 10.2. The molecule has 5 heteroatoms. The summed E-state index contributed by atoms with van der Waals surface area (Å²) >= 11 is 0. The second kappa shape index (κ2) is 3.06. The number of halogens is 2. The topological polar surface area (TPSA) is 43.8 Å². The van der Waals surface area contributed by atoms with E-state index in [2.05, 4.69) is 5.10 Å². The molecule has 74 valence electrons. The Hall–Kier alpha value is -0.970. The summed E-state index contributed by atoms with van der Waals surface area (Å²) < 4.78 is 26.6. The van der Waals surface area contributed by atoms with Crippen LogP contribution in [0, 0.1) is 6.92 Å². The molecule has 1 unspecified atom stereocenters. The maximum absolute atomic E-state index is 12.5. The lowest BCUT2D eigenvalue weighted by Gasteiger charge is -2.23. The largest absolute Gasteiger partial charge is 0.317 e. The lowest BCUT2D eigenvalue weighted by Crippen LogP contribution is -2.41. The number of nitrogens with two attached hydrogens (primary N) is 1. The third kappa shape index (κ3) is 1.56. The Morgan fingerprint density at radius 1 is 1.62 bits per heavy atom. The smallest absolute Gasteiger partial charge is 0.260 e. The molecule has 2 N–H and O–H groups in total. The van der Waals surface area contributed by atoms with Gasteiger partial charge in [-0.15, -0.1) is 0 Å². The first-order valence-electron chi connectivity index (χ1n) is 3.93. The summed E-state index contributed by atoms with van der Waals surface area (Å²) in [4.78, 5) is 0. The molecule has 0 radical (unpaired) electrons. The van der Waals surface area contributed by atoms with Crippen molar-refractivity contribution in [3.8, 4) is 0 Å². The molecule has 0 saturated carbocycles. The van der Waals surface area contributed by atoms with Gasteiger partial charge in [0.2, 0.25) is 0 Å². The molecule has 0 spiro atoms. The zero-order valence-electron chi connectivity index (χ0n) is 7.88. The van der Waals surface area contributed by atoms with Crippen LogP contribution in [0.2, 0.25) is 0 Å². The van der Waals surface area contributed by atoms with Crippen LogP contribution in [0.15, 0.2) is 6.20 Å². The fraction of sp³-hybridized carbons (Fsp3) is 0.625. The van der Waals surface area contributed by atoms with Gasteiger partial charge in [-0.3, -0.25) is 4.68 Å². The van der Waals surface area contributed by atoms with Crippen molar-refractivity contribution in [3.05, 3.63) is 17.5 Å². The lowest BCUT2D eigenvalue weighted by molar-refractivity contribution is 0.0621. The summed E-state index contributed by atoms with van der Waals surface area (Å²) in [6, 6.07) is 0. The standard InChI is InChI=1S/C8H13F2N3/c1-5-6(4-12-13(5)3)8(2,11)7(9)10/h4,7H,11H2,1-3H3. The fourth-order valence-electron chi connectivity index (χ4n) is 1.15. The van der Waals surface area contributed by atoms with Crippen molar-refractivity contribution in [2.75, 3.05) is 0 Å². The lowest BCUT2D eigenvalue weighted by atomic mass is 9.94. The monoisotopic (exact) mass is 189 g/mol. The van der Waals surface area contributed by atoms with Crippen molar-refractivity contribution < 1.29 is 8.78 Å². The molecule has 0 aromatic carbocycles. The van der Waals surface area contributed by atoms with Crippen LogP contribution in [0.25, 0.3) is 0 Å². The molecule has 1 aromatic rings. The number of rotatable bonds is 2. The summed E-state index contributed by atoms with van der Waals surface area (Å²) in [5.74, 6) is 0. The molecule has 1 aromatic heterocycles. The highest BCUT2D eigenvalue weighted by atomic mass is 19.3. The van der Waals surface area contributed by atoms with Gasteiger partial charge in [0.1, 0.15) is 5.54 Å². The average molecular weight is 189 g/mol. The molecule has 0 aliphatic carbocycles. The summed E-state index contributed by atoms with van der Waals surface area (Å²) in [5, 5.41) is 3.87. The van der Waals surface area contributed by atoms with Crippen LogP contribution in [0.1, 0.15) is 18.2 Å². The summed E-state index contributed by atoms with van der Waals surface area (Å²) in [7, 11) is 1.69. The normalized spacial score (nSPS) is 16.2. The summed E-state index contributed by atoms with van der Waals surface area (Å²) in [6.07, 6.45) is -1.20. The molecule has 1 heterocycles. The Labute approximate surface area is 75.5 Å². The number of hydrogen-bond donors (Lipinski definition) is 1. The minimum Gasteiger partial charge on any atom is -0.317 e. The molecule has 0 fully saturated rings. The van der Waals surface area contributed by atoms with Crippen molar-refractivity contribution in [2.45, 2.75) is 25.8 Å². The quantitative estimate of drug-likeness (QED) is 0.758. The summed E-state index contributed by atoms with van der Waals surface area (Å²) in [5.41, 5.74) is 4.94. The van der Waals surface area contributed by atoms with E-state index in [-0.39, 0.29) is 0 Å². The first-order chi connectivity index (χ1) is 5.87. The van der Waals surface area contributed by atoms with Gasteiger partial charge in [0.05, 0.1) is 6.20 Å². The van der Waals surface area contributed by atoms with Gasteiger partial charge in [-0.25, -0.2) is 8.78 Å². The van der Waals surface area contributed by atoms with Gasteiger partial charge in [0.15, 0.2) is 0 Å². The van der Waals surface area contributed by atoms with E-state index < -0.39 is 12.0 Å². The number of nitrogens with zero attached hydrogens (tertiary/aromatic N) is 2. The second-order valence-electron chi connectivity index (χ2n) is 3.35. The van der Waals surface area contributed by atoms with Crippen LogP contribution in [-0.4, -0.2) is 16.2 Å². The van der Waals surface area contributed by atoms with Crippen molar-refractivity contribution in [1.82, 2.24) is 9.78 Å². The third-order valence-electron chi connectivity index (χ3n) is 2.27. The van der Waals surface area contributed by atoms with Crippen LogP contribution in [0.5, 0.6) is 0 Å². The number of aromatic nitrogens is 2. The third-order valence-corrected chi connectivity index (χ3v) is 2.27. The van der Waals surface area contributed by atoms with Gasteiger partial charge in [-0.1, -0.05) is 0 Å². The van der Waals surface area contributed by atoms with Crippen LogP contribution in [0.3, 0.4) is 0 Å². The van der Waals surface area contributed by atoms with Crippen molar-refractivity contribution in [3.63, 3.8) is 0 Å². The van der Waals surface area contributed by atoms with Gasteiger partial charge in [0.25, 0.3) is 6.43 Å². The van der Waals surface area contributed by atoms with Crippen LogP contribution in [-0.2, 0) is 12.6 Å². The second-order valence-corrected chi connectivity index (χ2v) is 3.35. The van der Waals surface area contributed by atoms with Crippen LogP contribution >= 0.6 is 0 Å². The Bertz CT molecular complexity index is 304. The van der Waals surface area contributed by atoms with E-state index in [4.69, 9.17) is 5.73 Å². The van der Waals surface area contributed by atoms with Gasteiger partial charge >= 0.3 is 0 Å². The van der Waals surface area contributed by atoms with Crippen LogP contribution in [0.4, 0.5) is 8.78 Å². The highest BCUT2D eigenvalue weighted by Gasteiger charge is 2.35. The van der Waals surface area contributed by atoms with Gasteiger partial charge in [-0.05, 0) is 13.8 Å². The van der Waals surface area contributed by atoms with E-state index in [1.807, 2.05) is 0 Å². The average Bonchev–Trinajstić information content (AvgIpc) is 2.33. The number of alkyl halides is 2. The van der Waals surface area contributed by atoms with Crippen molar-refractivity contribution in [2.24, 2.45) is 12.8 Å². The van der Waals surface area contributed by atoms with Gasteiger partial charge in [0, 0.05) is 18.3 Å². The molecule has 0 aliphatic rings. The molecular weight excluding hydrogens is 176 g/mol. The highest BCUT2D eigenvalue weighted by Crippen LogP contribution is 2.26. The first kappa shape index (κ1) is 10.1. The van der Waals surface area contributed by atoms with E-state index in [9.17, 15) is 8.78 Å². The maximum atomic E-state index is 12.5. The van der Waals surface area contributed by atoms with Crippen molar-refractivity contribution in [1.29, 1.82) is 0 Å². The SMILES string of the molecule is Cc1c(C(C)(N)C(F)F)cnn1C. The van der Waals surface area contributed by atoms with E-state index in [1.54, 1.807) is 14.0 Å². The fourth-order valence-corrected chi connectivity index (χ4v) is 1.15. The predicted octanol–water partition coefficient (Wildman–Crippen LogP) is 1.17. The summed E-state index contributed by atoms with van der Waals surface area (Å²) in [6.45, 7) is 3.03. The zero-order valence-corrected chi connectivity index (χ0v) is 7.88. The van der Waals surface area contributed by atoms with E-state index in [0.717, 1.165) is 0 Å². The molecule has 0 saturated heterocycles. The number of aryl methyl sites for hydroxylation is 1. The van der Waals surface area contributed by atoms with Crippen molar-refractivity contribution >= 4 is 0 Å². The molecule has 3 nitrogen and oxygen atoms in total. The maximum Gasteiger partial charge on any atom is 0.260 e. The Morgan fingerprint density at radius 3 is 2.46 bits per heavy atom. The molecule has 1 atom stereocenters.